The second-order valence-corrected chi connectivity index (χ2v) is 6.33. The minimum absolute atomic E-state index is 0.0222. The highest BCUT2D eigenvalue weighted by atomic mass is 32.2. The SMILES string of the molecule is COC(=O)COCC(O)C(Sc1ccccc1N)c1ccccc1. The van der Waals surface area contributed by atoms with Gasteiger partial charge in [-0.1, -0.05) is 42.5 Å². The molecule has 128 valence electrons. The molecule has 0 saturated carbocycles. The van der Waals surface area contributed by atoms with Gasteiger partial charge in [-0.05, 0) is 17.7 Å². The van der Waals surface area contributed by atoms with Crippen LogP contribution in [0.5, 0.6) is 0 Å². The van der Waals surface area contributed by atoms with Crippen molar-refractivity contribution in [3.05, 3.63) is 60.2 Å². The van der Waals surface area contributed by atoms with Crippen LogP contribution in [0.1, 0.15) is 10.8 Å². The third-order valence-electron chi connectivity index (χ3n) is 3.39. The summed E-state index contributed by atoms with van der Waals surface area (Å²) >= 11 is 1.47. The van der Waals surface area contributed by atoms with E-state index in [2.05, 4.69) is 4.74 Å². The lowest BCUT2D eigenvalue weighted by atomic mass is 10.1. The number of nitrogen functional groups attached to an aromatic ring is 1. The Morgan fingerprint density at radius 3 is 2.50 bits per heavy atom. The van der Waals surface area contributed by atoms with Gasteiger partial charge in [0.1, 0.15) is 6.61 Å². The van der Waals surface area contributed by atoms with Gasteiger partial charge in [0.2, 0.25) is 0 Å². The Morgan fingerprint density at radius 2 is 1.83 bits per heavy atom. The normalized spacial score (nSPS) is 13.2. The quantitative estimate of drug-likeness (QED) is 0.434. The van der Waals surface area contributed by atoms with E-state index >= 15 is 0 Å². The Labute approximate surface area is 145 Å². The number of carbonyl (C=O) groups is 1. The molecule has 0 amide bonds. The van der Waals surface area contributed by atoms with Crippen LogP contribution in [0.4, 0.5) is 5.69 Å². The van der Waals surface area contributed by atoms with E-state index < -0.39 is 12.1 Å². The third kappa shape index (κ3) is 5.26. The van der Waals surface area contributed by atoms with Crippen LogP contribution in [0.15, 0.2) is 59.5 Å². The van der Waals surface area contributed by atoms with Crippen molar-refractivity contribution >= 4 is 23.4 Å². The van der Waals surface area contributed by atoms with Crippen LogP contribution >= 0.6 is 11.8 Å². The predicted octanol–water partition coefficient (Wildman–Crippen LogP) is 2.65. The van der Waals surface area contributed by atoms with Gasteiger partial charge in [0.25, 0.3) is 0 Å². The van der Waals surface area contributed by atoms with Gasteiger partial charge in [-0.25, -0.2) is 4.79 Å². The molecule has 0 aliphatic rings. The number of methoxy groups -OCH3 is 1. The van der Waals surface area contributed by atoms with E-state index in [4.69, 9.17) is 10.5 Å². The maximum atomic E-state index is 11.1. The fraction of sp³-hybridized carbons (Fsp3) is 0.278. The van der Waals surface area contributed by atoms with Gasteiger partial charge in [-0.15, -0.1) is 11.8 Å². The number of para-hydroxylation sites is 1. The van der Waals surface area contributed by atoms with Crippen molar-refractivity contribution in [2.45, 2.75) is 16.2 Å². The lowest BCUT2D eigenvalue weighted by Crippen LogP contribution is -2.24. The summed E-state index contributed by atoms with van der Waals surface area (Å²) in [6.45, 7) is -0.165. The topological polar surface area (TPSA) is 81.8 Å². The molecule has 0 saturated heterocycles. The van der Waals surface area contributed by atoms with Crippen molar-refractivity contribution in [3.63, 3.8) is 0 Å². The molecule has 2 unspecified atom stereocenters. The summed E-state index contributed by atoms with van der Waals surface area (Å²) in [5, 5.41) is 10.3. The highest BCUT2D eigenvalue weighted by Gasteiger charge is 2.23. The molecule has 0 aromatic heterocycles. The zero-order chi connectivity index (χ0) is 17.4. The monoisotopic (exact) mass is 347 g/mol. The van der Waals surface area contributed by atoms with Crippen molar-refractivity contribution < 1.29 is 19.4 Å². The Morgan fingerprint density at radius 1 is 1.17 bits per heavy atom. The molecule has 2 atom stereocenters. The van der Waals surface area contributed by atoms with Crippen LogP contribution in [-0.4, -0.2) is 37.5 Å². The number of aliphatic hydroxyl groups is 1. The van der Waals surface area contributed by atoms with Crippen LogP contribution in [-0.2, 0) is 14.3 Å². The molecular weight excluding hydrogens is 326 g/mol. The van der Waals surface area contributed by atoms with Crippen LogP contribution in [0.25, 0.3) is 0 Å². The summed E-state index contributed by atoms with van der Waals surface area (Å²) in [7, 11) is 1.29. The summed E-state index contributed by atoms with van der Waals surface area (Å²) in [5.41, 5.74) is 7.63. The first kappa shape index (κ1) is 18.3. The molecule has 0 aliphatic heterocycles. The Hall–Kier alpha value is -2.02. The fourth-order valence-electron chi connectivity index (χ4n) is 2.15. The van der Waals surface area contributed by atoms with Crippen molar-refractivity contribution in [1.29, 1.82) is 0 Å². The molecular formula is C18H21NO4S. The third-order valence-corrected chi connectivity index (χ3v) is 4.85. The summed E-state index contributed by atoms with van der Waals surface area (Å²) in [6.07, 6.45) is -0.804. The number of aliphatic hydroxyl groups excluding tert-OH is 1. The van der Waals surface area contributed by atoms with E-state index in [1.54, 1.807) is 0 Å². The van der Waals surface area contributed by atoms with Gasteiger partial charge in [-0.3, -0.25) is 0 Å². The van der Waals surface area contributed by atoms with E-state index in [9.17, 15) is 9.90 Å². The standard InChI is InChI=1S/C18H21NO4S/c1-22-17(21)12-23-11-15(20)18(13-7-3-2-4-8-13)24-16-10-6-5-9-14(16)19/h2-10,15,18,20H,11-12,19H2,1H3. The molecule has 3 N–H and O–H groups in total. The number of rotatable bonds is 8. The number of nitrogens with two attached hydrogens (primary N) is 1. The number of hydrogen-bond donors (Lipinski definition) is 2. The Kier molecular flexibility index (Phi) is 7.11. The summed E-state index contributed by atoms with van der Waals surface area (Å²) < 4.78 is 9.77. The second kappa shape index (κ2) is 9.32. The van der Waals surface area contributed by atoms with Gasteiger partial charge in [0, 0.05) is 10.6 Å². The van der Waals surface area contributed by atoms with Gasteiger partial charge < -0.3 is 20.3 Å². The number of carbonyl (C=O) groups excluding carboxylic acids is 1. The van der Waals surface area contributed by atoms with E-state index in [1.165, 1.54) is 18.9 Å². The predicted molar refractivity (Wildman–Crippen MR) is 94.7 cm³/mol. The summed E-state index contributed by atoms with van der Waals surface area (Å²) in [5.74, 6) is -0.474. The van der Waals surface area contributed by atoms with Gasteiger partial charge in [0.15, 0.2) is 0 Å². The molecule has 0 spiro atoms. The first-order valence-corrected chi connectivity index (χ1v) is 8.38. The number of hydrogen-bond acceptors (Lipinski definition) is 6. The molecule has 0 radical (unpaired) electrons. The zero-order valence-electron chi connectivity index (χ0n) is 13.4. The Balaban J connectivity index is 2.11. The van der Waals surface area contributed by atoms with Crippen molar-refractivity contribution in [2.24, 2.45) is 0 Å². The molecule has 2 aromatic carbocycles. The summed E-state index contributed by atoms with van der Waals surface area (Å²) in [4.78, 5) is 12.0. The Bertz CT molecular complexity index is 650. The minimum Gasteiger partial charge on any atom is -0.467 e. The van der Waals surface area contributed by atoms with E-state index in [1.807, 2.05) is 54.6 Å². The molecule has 0 aliphatic carbocycles. The lowest BCUT2D eigenvalue weighted by Gasteiger charge is -2.23. The number of esters is 1. The zero-order valence-corrected chi connectivity index (χ0v) is 14.2. The van der Waals surface area contributed by atoms with E-state index in [-0.39, 0.29) is 18.5 Å². The van der Waals surface area contributed by atoms with E-state index in [0.29, 0.717) is 5.69 Å². The maximum Gasteiger partial charge on any atom is 0.331 e. The minimum atomic E-state index is -0.804. The lowest BCUT2D eigenvalue weighted by molar-refractivity contribution is -0.146. The van der Waals surface area contributed by atoms with E-state index in [0.717, 1.165) is 10.5 Å². The van der Waals surface area contributed by atoms with Crippen molar-refractivity contribution in [3.8, 4) is 0 Å². The van der Waals surface area contributed by atoms with Crippen LogP contribution in [0.2, 0.25) is 0 Å². The van der Waals surface area contributed by atoms with Gasteiger partial charge >= 0.3 is 5.97 Å². The van der Waals surface area contributed by atoms with Crippen LogP contribution in [0, 0.1) is 0 Å². The highest BCUT2D eigenvalue weighted by Crippen LogP contribution is 2.40. The number of thioether (sulfide) groups is 1. The molecule has 2 rings (SSSR count). The number of ether oxygens (including phenoxy) is 2. The van der Waals surface area contributed by atoms with Gasteiger partial charge in [-0.2, -0.15) is 0 Å². The largest absolute Gasteiger partial charge is 0.467 e. The number of benzene rings is 2. The first-order chi connectivity index (χ1) is 11.6. The van der Waals surface area contributed by atoms with Crippen LogP contribution in [0.3, 0.4) is 0 Å². The molecule has 24 heavy (non-hydrogen) atoms. The van der Waals surface area contributed by atoms with Crippen molar-refractivity contribution in [1.82, 2.24) is 0 Å². The molecule has 5 nitrogen and oxygen atoms in total. The molecule has 0 bridgehead atoms. The highest BCUT2D eigenvalue weighted by molar-refractivity contribution is 7.99. The molecule has 0 heterocycles. The smallest absolute Gasteiger partial charge is 0.331 e. The first-order valence-electron chi connectivity index (χ1n) is 7.50. The molecule has 0 fully saturated rings. The average molecular weight is 347 g/mol. The van der Waals surface area contributed by atoms with Crippen molar-refractivity contribution in [2.75, 3.05) is 26.1 Å². The van der Waals surface area contributed by atoms with Crippen LogP contribution < -0.4 is 5.73 Å². The summed E-state index contributed by atoms with van der Waals surface area (Å²) in [6, 6.07) is 17.2. The van der Waals surface area contributed by atoms with Gasteiger partial charge in [0.05, 0.1) is 25.1 Å². The average Bonchev–Trinajstić information content (AvgIpc) is 2.61. The maximum absolute atomic E-state index is 11.1. The fourth-order valence-corrected chi connectivity index (χ4v) is 3.31. The number of anilines is 1. The molecule has 6 heteroatoms. The molecule has 2 aromatic rings. The second-order valence-electron chi connectivity index (χ2n) is 5.15.